The van der Waals surface area contributed by atoms with Crippen LogP contribution in [-0.4, -0.2) is 32.8 Å². The molecule has 2 atom stereocenters. The maximum Gasteiger partial charge on any atom is 0.0722 e. The third-order valence-electron chi connectivity index (χ3n) is 3.65. The Morgan fingerprint density at radius 3 is 2.89 bits per heavy atom. The van der Waals surface area contributed by atoms with Crippen molar-refractivity contribution in [2.24, 2.45) is 0 Å². The lowest BCUT2D eigenvalue weighted by atomic mass is 10.0. The van der Waals surface area contributed by atoms with E-state index < -0.39 is 0 Å². The first-order valence-corrected chi connectivity index (χ1v) is 6.89. The fourth-order valence-electron chi connectivity index (χ4n) is 2.69. The molecule has 2 unspecified atom stereocenters. The number of morpholine rings is 1. The van der Waals surface area contributed by atoms with Crippen molar-refractivity contribution in [3.05, 3.63) is 29.8 Å². The number of anilines is 1. The van der Waals surface area contributed by atoms with E-state index in [1.807, 2.05) is 7.05 Å². The standard InChI is InChI=1S/C15H24N2O/c1-4-14(16-3)13-7-5-6-8-15(13)17-9-10-18-12(2)11-17/h5-8,12,14,16H,4,9-11H2,1-3H3. The van der Waals surface area contributed by atoms with Crippen molar-refractivity contribution in [2.75, 3.05) is 31.6 Å². The van der Waals surface area contributed by atoms with Gasteiger partial charge in [0.1, 0.15) is 0 Å². The Balaban J connectivity index is 2.26. The van der Waals surface area contributed by atoms with Crippen LogP contribution in [0.5, 0.6) is 0 Å². The molecule has 1 aromatic carbocycles. The van der Waals surface area contributed by atoms with E-state index >= 15 is 0 Å². The van der Waals surface area contributed by atoms with Crippen LogP contribution in [0.2, 0.25) is 0 Å². The van der Waals surface area contributed by atoms with E-state index in [-0.39, 0.29) is 0 Å². The quantitative estimate of drug-likeness (QED) is 0.886. The second kappa shape index (κ2) is 6.21. The highest BCUT2D eigenvalue weighted by molar-refractivity contribution is 5.55. The van der Waals surface area contributed by atoms with E-state index in [2.05, 4.69) is 48.3 Å². The molecule has 0 amide bonds. The first-order valence-electron chi connectivity index (χ1n) is 6.89. The van der Waals surface area contributed by atoms with Crippen LogP contribution in [0, 0.1) is 0 Å². The summed E-state index contributed by atoms with van der Waals surface area (Å²) in [4.78, 5) is 2.45. The molecule has 18 heavy (non-hydrogen) atoms. The number of ether oxygens (including phenoxy) is 1. The van der Waals surface area contributed by atoms with Gasteiger partial charge in [0.05, 0.1) is 12.7 Å². The van der Waals surface area contributed by atoms with Gasteiger partial charge in [-0.2, -0.15) is 0 Å². The average Bonchev–Trinajstić information content (AvgIpc) is 2.41. The Hall–Kier alpha value is -1.06. The number of para-hydroxylation sites is 1. The van der Waals surface area contributed by atoms with Gasteiger partial charge in [0.15, 0.2) is 0 Å². The number of nitrogens with one attached hydrogen (secondary N) is 1. The van der Waals surface area contributed by atoms with Gasteiger partial charge in [-0.1, -0.05) is 25.1 Å². The summed E-state index contributed by atoms with van der Waals surface area (Å²) in [6.07, 6.45) is 1.43. The molecule has 100 valence electrons. The zero-order valence-electron chi connectivity index (χ0n) is 11.6. The van der Waals surface area contributed by atoms with E-state index in [1.165, 1.54) is 11.3 Å². The van der Waals surface area contributed by atoms with Crippen LogP contribution in [0.4, 0.5) is 5.69 Å². The minimum Gasteiger partial charge on any atom is -0.375 e. The van der Waals surface area contributed by atoms with Gasteiger partial charge in [-0.15, -0.1) is 0 Å². The van der Waals surface area contributed by atoms with Crippen LogP contribution in [0.3, 0.4) is 0 Å². The molecular formula is C15H24N2O. The van der Waals surface area contributed by atoms with Crippen LogP contribution < -0.4 is 10.2 Å². The Morgan fingerprint density at radius 2 is 2.22 bits per heavy atom. The molecule has 0 radical (unpaired) electrons. The molecule has 3 heteroatoms. The van der Waals surface area contributed by atoms with Crippen molar-refractivity contribution < 1.29 is 4.74 Å². The lowest BCUT2D eigenvalue weighted by Gasteiger charge is -2.35. The van der Waals surface area contributed by atoms with Crippen molar-refractivity contribution in [1.29, 1.82) is 0 Å². The molecule has 0 spiro atoms. The third-order valence-corrected chi connectivity index (χ3v) is 3.65. The second-order valence-electron chi connectivity index (χ2n) is 4.94. The SMILES string of the molecule is CCC(NC)c1ccccc1N1CCOC(C)C1. The van der Waals surface area contributed by atoms with Crippen LogP contribution in [-0.2, 0) is 4.74 Å². The molecule has 1 fully saturated rings. The monoisotopic (exact) mass is 248 g/mol. The fourth-order valence-corrected chi connectivity index (χ4v) is 2.69. The first kappa shape index (κ1) is 13.4. The van der Waals surface area contributed by atoms with Crippen LogP contribution in [0.15, 0.2) is 24.3 Å². The van der Waals surface area contributed by atoms with Gasteiger partial charge >= 0.3 is 0 Å². The van der Waals surface area contributed by atoms with Gasteiger partial charge in [0.25, 0.3) is 0 Å². The summed E-state index contributed by atoms with van der Waals surface area (Å²) in [7, 11) is 2.03. The smallest absolute Gasteiger partial charge is 0.0722 e. The molecule has 1 aliphatic heterocycles. The lowest BCUT2D eigenvalue weighted by molar-refractivity contribution is 0.0531. The zero-order valence-corrected chi connectivity index (χ0v) is 11.6. The Bertz CT molecular complexity index is 377. The molecule has 1 saturated heterocycles. The number of rotatable bonds is 4. The predicted molar refractivity (Wildman–Crippen MR) is 76.2 cm³/mol. The normalized spacial score (nSPS) is 21.9. The van der Waals surface area contributed by atoms with Crippen molar-refractivity contribution in [2.45, 2.75) is 32.4 Å². The van der Waals surface area contributed by atoms with Crippen molar-refractivity contribution in [1.82, 2.24) is 5.32 Å². The minimum absolute atomic E-state index is 0.321. The molecule has 0 saturated carbocycles. The Kier molecular flexibility index (Phi) is 4.61. The van der Waals surface area contributed by atoms with Gasteiger partial charge in [-0.3, -0.25) is 0 Å². The van der Waals surface area contributed by atoms with E-state index in [4.69, 9.17) is 4.74 Å². The summed E-state index contributed by atoms with van der Waals surface area (Å²) in [5.74, 6) is 0. The van der Waals surface area contributed by atoms with Crippen LogP contribution in [0.25, 0.3) is 0 Å². The summed E-state index contributed by atoms with van der Waals surface area (Å²) < 4.78 is 5.63. The second-order valence-corrected chi connectivity index (χ2v) is 4.94. The molecule has 0 aliphatic carbocycles. The highest BCUT2D eigenvalue weighted by Gasteiger charge is 2.21. The summed E-state index contributed by atoms with van der Waals surface area (Å²) >= 11 is 0. The van der Waals surface area contributed by atoms with Gasteiger partial charge in [0.2, 0.25) is 0 Å². The number of hydrogen-bond donors (Lipinski definition) is 1. The summed E-state index contributed by atoms with van der Waals surface area (Å²) in [6, 6.07) is 9.15. The molecule has 1 N–H and O–H groups in total. The lowest BCUT2D eigenvalue weighted by Crippen LogP contribution is -2.41. The molecular weight excluding hydrogens is 224 g/mol. The zero-order chi connectivity index (χ0) is 13.0. The number of hydrogen-bond acceptors (Lipinski definition) is 3. The highest BCUT2D eigenvalue weighted by Crippen LogP contribution is 2.29. The number of benzene rings is 1. The van der Waals surface area contributed by atoms with Gasteiger partial charge in [-0.25, -0.2) is 0 Å². The minimum atomic E-state index is 0.321. The molecule has 1 aromatic rings. The van der Waals surface area contributed by atoms with E-state index in [1.54, 1.807) is 0 Å². The van der Waals surface area contributed by atoms with E-state index in [0.717, 1.165) is 26.1 Å². The Morgan fingerprint density at radius 1 is 1.44 bits per heavy atom. The van der Waals surface area contributed by atoms with Gasteiger partial charge < -0.3 is 15.0 Å². The molecule has 0 bridgehead atoms. The summed E-state index contributed by atoms with van der Waals surface area (Å²) in [5.41, 5.74) is 2.76. The molecule has 2 rings (SSSR count). The van der Waals surface area contributed by atoms with E-state index in [9.17, 15) is 0 Å². The maximum absolute atomic E-state index is 5.63. The number of nitrogens with zero attached hydrogens (tertiary/aromatic N) is 1. The maximum atomic E-state index is 5.63. The largest absolute Gasteiger partial charge is 0.375 e. The average molecular weight is 248 g/mol. The molecule has 1 aliphatic rings. The predicted octanol–water partition coefficient (Wildman–Crippen LogP) is 2.58. The highest BCUT2D eigenvalue weighted by atomic mass is 16.5. The van der Waals surface area contributed by atoms with Crippen molar-refractivity contribution in [3.63, 3.8) is 0 Å². The molecule has 1 heterocycles. The van der Waals surface area contributed by atoms with Crippen LogP contribution >= 0.6 is 0 Å². The molecule has 0 aromatic heterocycles. The first-order chi connectivity index (χ1) is 8.76. The van der Waals surface area contributed by atoms with Crippen LogP contribution in [0.1, 0.15) is 31.9 Å². The van der Waals surface area contributed by atoms with Crippen molar-refractivity contribution in [3.8, 4) is 0 Å². The van der Waals surface area contributed by atoms with Gasteiger partial charge in [0, 0.05) is 24.8 Å². The van der Waals surface area contributed by atoms with Gasteiger partial charge in [-0.05, 0) is 32.0 Å². The fraction of sp³-hybridized carbons (Fsp3) is 0.600. The summed E-state index contributed by atoms with van der Waals surface area (Å²) in [5, 5.41) is 3.40. The van der Waals surface area contributed by atoms with E-state index in [0.29, 0.717) is 12.1 Å². The summed E-state index contributed by atoms with van der Waals surface area (Å²) in [6.45, 7) is 7.16. The molecule has 3 nitrogen and oxygen atoms in total. The topological polar surface area (TPSA) is 24.5 Å². The van der Waals surface area contributed by atoms with Crippen molar-refractivity contribution >= 4 is 5.69 Å². The third kappa shape index (κ3) is 2.85. The Labute approximate surface area is 110 Å².